The summed E-state index contributed by atoms with van der Waals surface area (Å²) >= 11 is 0. The maximum Gasteiger partial charge on any atom is 0.131 e. The standard InChI is InChI=1S/C17H20F2N2/c1-2-20-11-12-21-17(13-7-4-3-5-8-13)16-14(18)9-6-10-15(16)19/h3-10,17,20-21H,2,11-12H2,1H3. The number of hydrogen-bond donors (Lipinski definition) is 2. The minimum atomic E-state index is -0.528. The number of likely N-dealkylation sites (N-methyl/N-ethyl adjacent to an activating group) is 1. The predicted octanol–water partition coefficient (Wildman–Crippen LogP) is 3.25. The van der Waals surface area contributed by atoms with Gasteiger partial charge in [-0.2, -0.15) is 0 Å². The number of nitrogens with one attached hydrogen (secondary N) is 2. The van der Waals surface area contributed by atoms with Crippen LogP contribution in [0.5, 0.6) is 0 Å². The molecule has 0 heterocycles. The second kappa shape index (κ2) is 7.86. The van der Waals surface area contributed by atoms with Crippen LogP contribution in [-0.2, 0) is 0 Å². The lowest BCUT2D eigenvalue weighted by molar-refractivity contribution is 0.498. The highest BCUT2D eigenvalue weighted by molar-refractivity contribution is 5.33. The summed E-state index contributed by atoms with van der Waals surface area (Å²) in [5, 5.41) is 6.41. The van der Waals surface area contributed by atoms with Crippen molar-refractivity contribution < 1.29 is 8.78 Å². The molecule has 4 heteroatoms. The van der Waals surface area contributed by atoms with Crippen LogP contribution in [0.2, 0.25) is 0 Å². The highest BCUT2D eigenvalue weighted by Crippen LogP contribution is 2.26. The smallest absolute Gasteiger partial charge is 0.131 e. The van der Waals surface area contributed by atoms with Gasteiger partial charge < -0.3 is 10.6 Å². The van der Waals surface area contributed by atoms with Gasteiger partial charge >= 0.3 is 0 Å². The lowest BCUT2D eigenvalue weighted by Crippen LogP contribution is -2.31. The van der Waals surface area contributed by atoms with E-state index in [4.69, 9.17) is 0 Å². The fourth-order valence-corrected chi connectivity index (χ4v) is 2.30. The third kappa shape index (κ3) is 4.09. The lowest BCUT2D eigenvalue weighted by atomic mass is 9.97. The fourth-order valence-electron chi connectivity index (χ4n) is 2.30. The molecule has 0 saturated heterocycles. The van der Waals surface area contributed by atoms with Crippen LogP contribution in [-0.4, -0.2) is 19.6 Å². The molecule has 0 radical (unpaired) electrons. The maximum absolute atomic E-state index is 14.1. The van der Waals surface area contributed by atoms with E-state index in [0.717, 1.165) is 18.7 Å². The first kappa shape index (κ1) is 15.6. The van der Waals surface area contributed by atoms with E-state index in [-0.39, 0.29) is 5.56 Å². The summed E-state index contributed by atoms with van der Waals surface area (Å²) < 4.78 is 28.1. The molecule has 2 N–H and O–H groups in total. The van der Waals surface area contributed by atoms with E-state index in [1.54, 1.807) is 0 Å². The van der Waals surface area contributed by atoms with Gasteiger partial charge in [0, 0.05) is 18.7 Å². The Hall–Kier alpha value is -1.78. The number of benzene rings is 2. The molecular formula is C17H20F2N2. The van der Waals surface area contributed by atoms with E-state index >= 15 is 0 Å². The Bertz CT molecular complexity index is 538. The minimum absolute atomic E-state index is 0.0696. The third-order valence-electron chi connectivity index (χ3n) is 3.32. The topological polar surface area (TPSA) is 24.1 Å². The van der Waals surface area contributed by atoms with Gasteiger partial charge in [0.25, 0.3) is 0 Å². The molecule has 0 amide bonds. The van der Waals surface area contributed by atoms with Crippen molar-refractivity contribution in [2.24, 2.45) is 0 Å². The van der Waals surface area contributed by atoms with Crippen LogP contribution in [0.15, 0.2) is 48.5 Å². The quantitative estimate of drug-likeness (QED) is 0.765. The van der Waals surface area contributed by atoms with E-state index in [1.165, 1.54) is 18.2 Å². The molecule has 0 aliphatic carbocycles. The molecule has 0 bridgehead atoms. The van der Waals surface area contributed by atoms with Crippen LogP contribution in [0.4, 0.5) is 8.78 Å². The predicted molar refractivity (Wildman–Crippen MR) is 81.2 cm³/mol. The molecule has 0 aliphatic heterocycles. The second-order valence-electron chi connectivity index (χ2n) is 4.79. The highest BCUT2D eigenvalue weighted by atomic mass is 19.1. The first-order valence-corrected chi connectivity index (χ1v) is 7.17. The van der Waals surface area contributed by atoms with Gasteiger partial charge in [-0.05, 0) is 24.2 Å². The second-order valence-corrected chi connectivity index (χ2v) is 4.79. The van der Waals surface area contributed by atoms with Gasteiger partial charge in [-0.3, -0.25) is 0 Å². The van der Waals surface area contributed by atoms with Crippen molar-refractivity contribution in [1.29, 1.82) is 0 Å². The van der Waals surface area contributed by atoms with Crippen LogP contribution in [0, 0.1) is 11.6 Å². The van der Waals surface area contributed by atoms with Crippen LogP contribution in [0.3, 0.4) is 0 Å². The van der Waals surface area contributed by atoms with Crippen LogP contribution in [0.25, 0.3) is 0 Å². The maximum atomic E-state index is 14.1. The van der Waals surface area contributed by atoms with Gasteiger partial charge in [-0.25, -0.2) is 8.78 Å². The Morgan fingerprint density at radius 2 is 1.57 bits per heavy atom. The summed E-state index contributed by atoms with van der Waals surface area (Å²) in [6.45, 7) is 4.26. The molecule has 0 spiro atoms. The zero-order valence-electron chi connectivity index (χ0n) is 12.1. The Kier molecular flexibility index (Phi) is 5.84. The van der Waals surface area contributed by atoms with Gasteiger partial charge in [0.05, 0.1) is 6.04 Å². The number of hydrogen-bond acceptors (Lipinski definition) is 2. The molecule has 2 aromatic rings. The largest absolute Gasteiger partial charge is 0.316 e. The Morgan fingerprint density at radius 3 is 2.19 bits per heavy atom. The van der Waals surface area contributed by atoms with Crippen molar-refractivity contribution in [2.75, 3.05) is 19.6 Å². The summed E-state index contributed by atoms with van der Waals surface area (Å²) in [5.41, 5.74) is 0.915. The molecule has 0 aliphatic rings. The average Bonchev–Trinajstić information content (AvgIpc) is 2.50. The zero-order valence-corrected chi connectivity index (χ0v) is 12.1. The lowest BCUT2D eigenvalue weighted by Gasteiger charge is -2.21. The molecule has 0 aromatic heterocycles. The summed E-state index contributed by atoms with van der Waals surface area (Å²) in [4.78, 5) is 0. The SMILES string of the molecule is CCNCCNC(c1ccccc1)c1c(F)cccc1F. The first-order chi connectivity index (χ1) is 10.2. The Labute approximate surface area is 124 Å². The number of halogens is 2. The van der Waals surface area contributed by atoms with E-state index in [0.29, 0.717) is 6.54 Å². The van der Waals surface area contributed by atoms with Gasteiger partial charge in [-0.15, -0.1) is 0 Å². The van der Waals surface area contributed by atoms with E-state index in [9.17, 15) is 8.78 Å². The molecule has 0 fully saturated rings. The number of rotatable bonds is 7. The summed E-state index contributed by atoms with van der Waals surface area (Å²) in [5.74, 6) is -1.06. The van der Waals surface area contributed by atoms with Crippen molar-refractivity contribution in [3.63, 3.8) is 0 Å². The summed E-state index contributed by atoms with van der Waals surface area (Å²) in [7, 11) is 0. The van der Waals surface area contributed by atoms with Crippen LogP contribution >= 0.6 is 0 Å². The molecule has 112 valence electrons. The van der Waals surface area contributed by atoms with E-state index in [2.05, 4.69) is 10.6 Å². The van der Waals surface area contributed by atoms with Gasteiger partial charge in [0.1, 0.15) is 11.6 Å². The van der Waals surface area contributed by atoms with Crippen molar-refractivity contribution in [1.82, 2.24) is 10.6 Å². The minimum Gasteiger partial charge on any atom is -0.316 e. The van der Waals surface area contributed by atoms with Crippen molar-refractivity contribution in [3.8, 4) is 0 Å². The van der Waals surface area contributed by atoms with Crippen molar-refractivity contribution in [3.05, 3.63) is 71.3 Å². The molecule has 2 aromatic carbocycles. The monoisotopic (exact) mass is 290 g/mol. The Morgan fingerprint density at radius 1 is 0.905 bits per heavy atom. The van der Waals surface area contributed by atoms with Crippen molar-refractivity contribution in [2.45, 2.75) is 13.0 Å². The molecular weight excluding hydrogens is 270 g/mol. The Balaban J connectivity index is 2.27. The van der Waals surface area contributed by atoms with Gasteiger partial charge in [0.15, 0.2) is 0 Å². The first-order valence-electron chi connectivity index (χ1n) is 7.17. The summed E-state index contributed by atoms with van der Waals surface area (Å²) in [6, 6.07) is 12.8. The van der Waals surface area contributed by atoms with Gasteiger partial charge in [0.2, 0.25) is 0 Å². The molecule has 2 rings (SSSR count). The van der Waals surface area contributed by atoms with E-state index < -0.39 is 17.7 Å². The molecule has 0 saturated carbocycles. The van der Waals surface area contributed by atoms with Crippen molar-refractivity contribution >= 4 is 0 Å². The third-order valence-corrected chi connectivity index (χ3v) is 3.32. The van der Waals surface area contributed by atoms with Gasteiger partial charge in [-0.1, -0.05) is 43.3 Å². The molecule has 2 nitrogen and oxygen atoms in total. The van der Waals surface area contributed by atoms with E-state index in [1.807, 2.05) is 37.3 Å². The molecule has 1 unspecified atom stereocenters. The fraction of sp³-hybridized carbons (Fsp3) is 0.294. The molecule has 21 heavy (non-hydrogen) atoms. The molecule has 1 atom stereocenters. The summed E-state index contributed by atoms with van der Waals surface area (Å²) in [6.07, 6.45) is 0. The zero-order chi connectivity index (χ0) is 15.1. The average molecular weight is 290 g/mol. The highest BCUT2D eigenvalue weighted by Gasteiger charge is 2.21. The normalized spacial score (nSPS) is 12.3. The van der Waals surface area contributed by atoms with Crippen LogP contribution in [0.1, 0.15) is 24.1 Å². The van der Waals surface area contributed by atoms with Crippen LogP contribution < -0.4 is 10.6 Å².